The largest absolute Gasteiger partial charge is 0.493 e. The third-order valence-electron chi connectivity index (χ3n) is 7.01. The lowest BCUT2D eigenvalue weighted by molar-refractivity contribution is -0.144. The Morgan fingerprint density at radius 1 is 1.16 bits per heavy atom. The predicted molar refractivity (Wildman–Crippen MR) is 114 cm³/mol. The summed E-state index contributed by atoms with van der Waals surface area (Å²) in [5, 5.41) is 7.15. The van der Waals surface area contributed by atoms with Crippen LogP contribution in [0.4, 0.5) is 0 Å². The number of benzene rings is 1. The highest BCUT2D eigenvalue weighted by Crippen LogP contribution is 2.39. The molecular weight excluding hydrogens is 396 g/mol. The van der Waals surface area contributed by atoms with E-state index in [0.29, 0.717) is 54.1 Å². The molecule has 3 saturated heterocycles. The molecule has 0 unspecified atom stereocenters. The van der Waals surface area contributed by atoms with Gasteiger partial charge < -0.3 is 19.3 Å². The van der Waals surface area contributed by atoms with Crippen molar-refractivity contribution in [3.8, 4) is 22.8 Å². The lowest BCUT2D eigenvalue weighted by atomic mass is 9.76. The molecular formula is C23H28N4O4. The van der Waals surface area contributed by atoms with Gasteiger partial charge in [-0.25, -0.2) is 0 Å². The molecule has 8 heteroatoms. The first-order valence-electron chi connectivity index (χ1n) is 10.9. The van der Waals surface area contributed by atoms with Crippen molar-refractivity contribution in [1.29, 1.82) is 0 Å². The van der Waals surface area contributed by atoms with Crippen LogP contribution in [0.15, 0.2) is 24.4 Å². The van der Waals surface area contributed by atoms with Crippen LogP contribution < -0.4 is 9.47 Å². The van der Waals surface area contributed by atoms with Crippen LogP contribution in [0.25, 0.3) is 11.3 Å². The van der Waals surface area contributed by atoms with Crippen LogP contribution in [0.1, 0.15) is 36.0 Å². The van der Waals surface area contributed by atoms with E-state index in [2.05, 4.69) is 15.1 Å². The van der Waals surface area contributed by atoms with Crippen LogP contribution in [-0.4, -0.2) is 71.7 Å². The number of carbonyl (C=O) groups excluding carboxylic acids is 2. The number of fused-ring (bicyclic) bond motifs is 4. The van der Waals surface area contributed by atoms with Crippen molar-refractivity contribution in [3.63, 3.8) is 0 Å². The minimum Gasteiger partial charge on any atom is -0.493 e. The summed E-state index contributed by atoms with van der Waals surface area (Å²) in [6.45, 7) is 2.15. The van der Waals surface area contributed by atoms with Gasteiger partial charge in [0.1, 0.15) is 0 Å². The summed E-state index contributed by atoms with van der Waals surface area (Å²) in [5.74, 6) is 2.21. The van der Waals surface area contributed by atoms with Crippen molar-refractivity contribution in [2.75, 3.05) is 33.9 Å². The third kappa shape index (κ3) is 3.43. The van der Waals surface area contributed by atoms with Crippen LogP contribution >= 0.6 is 0 Å². The Labute approximate surface area is 181 Å². The molecule has 3 atom stereocenters. The van der Waals surface area contributed by atoms with Crippen molar-refractivity contribution in [2.24, 2.45) is 11.8 Å². The van der Waals surface area contributed by atoms with E-state index in [-0.39, 0.29) is 17.9 Å². The van der Waals surface area contributed by atoms with Gasteiger partial charge in [0.15, 0.2) is 11.5 Å². The van der Waals surface area contributed by atoms with E-state index in [1.54, 1.807) is 20.4 Å². The number of hydrogen-bond donors (Lipinski definition) is 1. The number of methoxy groups -OCH3 is 2. The maximum absolute atomic E-state index is 13.5. The second-order valence-corrected chi connectivity index (χ2v) is 8.81. The Morgan fingerprint density at radius 3 is 2.81 bits per heavy atom. The van der Waals surface area contributed by atoms with Crippen LogP contribution in [0.5, 0.6) is 11.5 Å². The van der Waals surface area contributed by atoms with Gasteiger partial charge in [0.25, 0.3) is 5.91 Å². The molecule has 4 heterocycles. The van der Waals surface area contributed by atoms with E-state index in [0.717, 1.165) is 31.4 Å². The Morgan fingerprint density at radius 2 is 2.00 bits per heavy atom. The number of aromatic amines is 1. The molecule has 1 aromatic carbocycles. The highest BCUT2D eigenvalue weighted by atomic mass is 16.5. The minimum absolute atomic E-state index is 0.0104. The Hall–Kier alpha value is -3.03. The fourth-order valence-corrected chi connectivity index (χ4v) is 5.61. The van der Waals surface area contributed by atoms with Gasteiger partial charge in [-0.15, -0.1) is 0 Å². The summed E-state index contributed by atoms with van der Waals surface area (Å²) in [6.07, 6.45) is 5.39. The number of nitrogens with zero attached hydrogens (tertiary/aromatic N) is 3. The predicted octanol–water partition coefficient (Wildman–Crippen LogP) is 2.57. The number of amides is 2. The average Bonchev–Trinajstić information content (AvgIpc) is 3.28. The number of H-pyrrole nitrogens is 1. The lowest BCUT2D eigenvalue weighted by Gasteiger charge is -2.52. The molecule has 3 aliphatic rings. The molecule has 5 rings (SSSR count). The minimum atomic E-state index is -0.0104. The van der Waals surface area contributed by atoms with Gasteiger partial charge in [0.05, 0.1) is 31.7 Å². The van der Waals surface area contributed by atoms with Crippen LogP contribution in [0, 0.1) is 11.8 Å². The van der Waals surface area contributed by atoms with E-state index in [1.165, 1.54) is 0 Å². The first kappa shape index (κ1) is 19.9. The van der Waals surface area contributed by atoms with Gasteiger partial charge in [-0.1, -0.05) is 0 Å². The Kier molecular flexibility index (Phi) is 5.08. The zero-order valence-electron chi connectivity index (χ0n) is 18.0. The summed E-state index contributed by atoms with van der Waals surface area (Å²) in [7, 11) is 3.18. The van der Waals surface area contributed by atoms with Crippen molar-refractivity contribution >= 4 is 11.8 Å². The quantitative estimate of drug-likeness (QED) is 0.815. The zero-order valence-corrected chi connectivity index (χ0v) is 18.0. The monoisotopic (exact) mass is 424 g/mol. The van der Waals surface area contributed by atoms with Crippen LogP contribution in [0.2, 0.25) is 0 Å². The number of likely N-dealkylation sites (tertiary alicyclic amines) is 1. The maximum atomic E-state index is 13.5. The molecule has 0 saturated carbocycles. The van der Waals surface area contributed by atoms with Crippen molar-refractivity contribution in [3.05, 3.63) is 30.0 Å². The summed E-state index contributed by atoms with van der Waals surface area (Å²) >= 11 is 0. The summed E-state index contributed by atoms with van der Waals surface area (Å²) < 4.78 is 10.7. The fourth-order valence-electron chi connectivity index (χ4n) is 5.61. The number of rotatable bonds is 4. The van der Waals surface area contributed by atoms with Gasteiger partial charge >= 0.3 is 0 Å². The molecule has 2 bridgehead atoms. The topological polar surface area (TPSA) is 87.8 Å². The maximum Gasteiger partial charge on any atom is 0.257 e. The molecule has 2 aromatic rings. The Bertz CT molecular complexity index is 1000. The number of carbonyl (C=O) groups is 2. The first-order chi connectivity index (χ1) is 15.1. The summed E-state index contributed by atoms with van der Waals surface area (Å²) in [4.78, 5) is 29.9. The second kappa shape index (κ2) is 7.90. The zero-order chi connectivity index (χ0) is 21.5. The Balaban J connectivity index is 1.39. The van der Waals surface area contributed by atoms with Crippen molar-refractivity contribution in [2.45, 2.75) is 31.7 Å². The van der Waals surface area contributed by atoms with Gasteiger partial charge in [-0.3, -0.25) is 14.7 Å². The molecule has 8 nitrogen and oxygen atoms in total. The summed E-state index contributed by atoms with van der Waals surface area (Å²) in [6, 6.07) is 5.84. The van der Waals surface area contributed by atoms with E-state index in [4.69, 9.17) is 9.47 Å². The highest BCUT2D eigenvalue weighted by molar-refractivity contribution is 6.00. The molecule has 0 spiro atoms. The molecule has 0 aliphatic carbocycles. The normalized spacial score (nSPS) is 25.2. The molecule has 1 aromatic heterocycles. The molecule has 1 N–H and O–H groups in total. The fraction of sp³-hybridized carbons (Fsp3) is 0.522. The smallest absolute Gasteiger partial charge is 0.257 e. The van der Waals surface area contributed by atoms with Gasteiger partial charge in [-0.05, 0) is 49.3 Å². The van der Waals surface area contributed by atoms with E-state index >= 15 is 0 Å². The van der Waals surface area contributed by atoms with Gasteiger partial charge in [-0.2, -0.15) is 5.10 Å². The molecule has 3 aliphatic heterocycles. The molecule has 2 amide bonds. The summed E-state index contributed by atoms with van der Waals surface area (Å²) in [5.41, 5.74) is 2.06. The highest BCUT2D eigenvalue weighted by Gasteiger charge is 2.45. The van der Waals surface area contributed by atoms with Crippen LogP contribution in [-0.2, 0) is 4.79 Å². The second-order valence-electron chi connectivity index (χ2n) is 8.81. The standard InChI is InChI=1S/C23H28N4O4/c1-30-19-7-6-15(9-20(19)31-2)22-17(10-24-25-22)23(29)26-11-14-8-16(13-26)18-4-3-5-21(28)27(18)12-14/h6-7,9-10,14,16,18H,3-5,8,11-13H2,1-2H3,(H,24,25)/t14-,16+,18-/m1/s1. The molecule has 31 heavy (non-hydrogen) atoms. The molecule has 3 fully saturated rings. The SMILES string of the molecule is COc1ccc(-c2[nH]ncc2C(=O)N2C[C@H]3C[C@@H](C2)[C@H]2CCCC(=O)N2C3)cc1OC. The molecule has 164 valence electrons. The van der Waals surface area contributed by atoms with E-state index in [9.17, 15) is 9.59 Å². The lowest BCUT2D eigenvalue weighted by Crippen LogP contribution is -2.61. The number of hydrogen-bond acceptors (Lipinski definition) is 5. The average molecular weight is 425 g/mol. The van der Waals surface area contributed by atoms with Gasteiger partial charge in [0, 0.05) is 37.7 Å². The van der Waals surface area contributed by atoms with Crippen LogP contribution in [0.3, 0.4) is 0 Å². The van der Waals surface area contributed by atoms with Gasteiger partial charge in [0.2, 0.25) is 5.91 Å². The van der Waals surface area contributed by atoms with Crippen molar-refractivity contribution in [1.82, 2.24) is 20.0 Å². The number of aromatic nitrogens is 2. The van der Waals surface area contributed by atoms with E-state index in [1.807, 2.05) is 23.1 Å². The molecule has 0 radical (unpaired) electrons. The number of piperidine rings is 3. The van der Waals surface area contributed by atoms with Crippen molar-refractivity contribution < 1.29 is 19.1 Å². The first-order valence-corrected chi connectivity index (χ1v) is 10.9. The number of ether oxygens (including phenoxy) is 2. The number of nitrogens with one attached hydrogen (secondary N) is 1. The van der Waals surface area contributed by atoms with E-state index < -0.39 is 0 Å². The third-order valence-corrected chi connectivity index (χ3v) is 7.01.